The molecule has 0 fully saturated rings. The maximum atomic E-state index is 12.5. The number of esters is 2. The SMILES string of the molecule is C=C(C)[C@@H](C/C=C(\CC(C)=O)C(=O)OC)C[C@@]1(OC)O/C(=C(/C)C(C)=O)C=C1C(=O)OC. The summed E-state index contributed by atoms with van der Waals surface area (Å²) in [6.45, 7) is 10.2. The molecular formula is C24H32O8. The molecule has 0 amide bonds. The van der Waals surface area contributed by atoms with E-state index in [-0.39, 0.29) is 47.2 Å². The molecule has 2 atom stereocenters. The quantitative estimate of drug-likeness (QED) is 0.269. The fourth-order valence-corrected chi connectivity index (χ4v) is 3.27. The van der Waals surface area contributed by atoms with Crippen molar-refractivity contribution in [1.82, 2.24) is 0 Å². The van der Waals surface area contributed by atoms with E-state index in [2.05, 4.69) is 6.58 Å². The van der Waals surface area contributed by atoms with Gasteiger partial charge in [-0.05, 0) is 46.1 Å². The number of allylic oxidation sites excluding steroid dienone is 4. The van der Waals surface area contributed by atoms with E-state index in [0.29, 0.717) is 12.0 Å². The van der Waals surface area contributed by atoms with Gasteiger partial charge in [0.05, 0.1) is 14.2 Å². The van der Waals surface area contributed by atoms with Crippen molar-refractivity contribution in [2.75, 3.05) is 21.3 Å². The first kappa shape index (κ1) is 27.0. The second kappa shape index (κ2) is 11.6. The number of methoxy groups -OCH3 is 3. The predicted octanol–water partition coefficient (Wildman–Crippen LogP) is 3.37. The van der Waals surface area contributed by atoms with Gasteiger partial charge in [-0.2, -0.15) is 0 Å². The Labute approximate surface area is 188 Å². The molecule has 1 aliphatic rings. The fraction of sp³-hybridized carbons (Fsp3) is 0.500. The average Bonchev–Trinajstić information content (AvgIpc) is 3.13. The number of hydrogen-bond acceptors (Lipinski definition) is 8. The van der Waals surface area contributed by atoms with Gasteiger partial charge >= 0.3 is 11.9 Å². The van der Waals surface area contributed by atoms with Gasteiger partial charge in [-0.15, -0.1) is 0 Å². The number of Topliss-reactive ketones (excluding diaryl/α,β-unsaturated/α-hetero) is 2. The number of rotatable bonds is 11. The van der Waals surface area contributed by atoms with E-state index in [1.54, 1.807) is 19.9 Å². The van der Waals surface area contributed by atoms with Crippen molar-refractivity contribution in [2.45, 2.75) is 52.7 Å². The molecule has 0 spiro atoms. The summed E-state index contributed by atoms with van der Waals surface area (Å²) in [6, 6.07) is 0. The second-order valence-electron chi connectivity index (χ2n) is 7.74. The second-order valence-corrected chi connectivity index (χ2v) is 7.74. The normalized spacial score (nSPS) is 20.6. The summed E-state index contributed by atoms with van der Waals surface area (Å²) < 4.78 is 21.4. The number of ether oxygens (including phenoxy) is 4. The topological polar surface area (TPSA) is 105 Å². The Kier molecular flexibility index (Phi) is 9.78. The smallest absolute Gasteiger partial charge is 0.340 e. The van der Waals surface area contributed by atoms with Gasteiger partial charge in [-0.1, -0.05) is 18.2 Å². The molecule has 0 N–H and O–H groups in total. The van der Waals surface area contributed by atoms with Crippen LogP contribution in [0.15, 0.2) is 46.8 Å². The maximum Gasteiger partial charge on any atom is 0.340 e. The number of carbonyl (C=O) groups is 4. The molecule has 8 nitrogen and oxygen atoms in total. The lowest BCUT2D eigenvalue weighted by Crippen LogP contribution is -2.39. The molecule has 176 valence electrons. The third-order valence-corrected chi connectivity index (χ3v) is 5.34. The monoisotopic (exact) mass is 448 g/mol. The van der Waals surface area contributed by atoms with Crippen molar-refractivity contribution in [1.29, 1.82) is 0 Å². The fourth-order valence-electron chi connectivity index (χ4n) is 3.27. The first-order valence-electron chi connectivity index (χ1n) is 10.1. The summed E-state index contributed by atoms with van der Waals surface area (Å²) in [5.41, 5.74) is 1.44. The van der Waals surface area contributed by atoms with Gasteiger partial charge in [0.1, 0.15) is 17.1 Å². The lowest BCUT2D eigenvalue weighted by molar-refractivity contribution is -0.178. The van der Waals surface area contributed by atoms with Gasteiger partial charge in [0.25, 0.3) is 0 Å². The van der Waals surface area contributed by atoms with Crippen LogP contribution in [0.2, 0.25) is 0 Å². The van der Waals surface area contributed by atoms with Crippen LogP contribution >= 0.6 is 0 Å². The highest BCUT2D eigenvalue weighted by molar-refractivity contribution is 5.96. The van der Waals surface area contributed by atoms with Crippen LogP contribution in [0.4, 0.5) is 0 Å². The van der Waals surface area contributed by atoms with Crippen molar-refractivity contribution in [3.8, 4) is 0 Å². The first-order valence-corrected chi connectivity index (χ1v) is 10.1. The highest BCUT2D eigenvalue weighted by Crippen LogP contribution is 2.42. The Bertz CT molecular complexity index is 890. The van der Waals surface area contributed by atoms with Crippen LogP contribution in [0.3, 0.4) is 0 Å². The number of carbonyl (C=O) groups excluding carboxylic acids is 4. The molecule has 8 heteroatoms. The highest BCUT2D eigenvalue weighted by atomic mass is 16.7. The molecule has 32 heavy (non-hydrogen) atoms. The van der Waals surface area contributed by atoms with Crippen molar-refractivity contribution in [3.63, 3.8) is 0 Å². The molecular weight excluding hydrogens is 416 g/mol. The highest BCUT2D eigenvalue weighted by Gasteiger charge is 2.48. The zero-order valence-electron chi connectivity index (χ0n) is 19.8. The van der Waals surface area contributed by atoms with Gasteiger partial charge < -0.3 is 18.9 Å². The lowest BCUT2D eigenvalue weighted by Gasteiger charge is -2.33. The van der Waals surface area contributed by atoms with Crippen LogP contribution in [-0.4, -0.2) is 50.6 Å². The minimum Gasteiger partial charge on any atom is -0.466 e. The summed E-state index contributed by atoms with van der Waals surface area (Å²) in [6.07, 6.45) is 3.50. The van der Waals surface area contributed by atoms with Gasteiger partial charge in [0.2, 0.25) is 5.79 Å². The molecule has 0 aliphatic carbocycles. The summed E-state index contributed by atoms with van der Waals surface area (Å²) >= 11 is 0. The van der Waals surface area contributed by atoms with Crippen LogP contribution in [0.25, 0.3) is 0 Å². The molecule has 0 unspecified atom stereocenters. The van der Waals surface area contributed by atoms with Gasteiger partial charge in [-0.3, -0.25) is 9.59 Å². The van der Waals surface area contributed by atoms with E-state index >= 15 is 0 Å². The predicted molar refractivity (Wildman–Crippen MR) is 117 cm³/mol. The Morgan fingerprint density at radius 2 is 1.72 bits per heavy atom. The molecule has 1 heterocycles. The Morgan fingerprint density at radius 3 is 2.16 bits per heavy atom. The van der Waals surface area contributed by atoms with Gasteiger partial charge in [-0.25, -0.2) is 9.59 Å². The van der Waals surface area contributed by atoms with Crippen LogP contribution in [0.5, 0.6) is 0 Å². The van der Waals surface area contributed by atoms with Gasteiger partial charge in [0, 0.05) is 31.1 Å². The maximum absolute atomic E-state index is 12.5. The Balaban J connectivity index is 3.38. The van der Waals surface area contributed by atoms with Crippen molar-refractivity contribution >= 4 is 23.5 Å². The summed E-state index contributed by atoms with van der Waals surface area (Å²) in [7, 11) is 3.88. The zero-order chi connectivity index (χ0) is 24.6. The van der Waals surface area contributed by atoms with E-state index in [4.69, 9.17) is 18.9 Å². The molecule has 0 aromatic rings. The third kappa shape index (κ3) is 6.50. The van der Waals surface area contributed by atoms with Crippen LogP contribution in [-0.2, 0) is 38.1 Å². The molecule has 1 rings (SSSR count). The minimum absolute atomic E-state index is 0.0560. The van der Waals surface area contributed by atoms with Gasteiger partial charge in [0.15, 0.2) is 5.78 Å². The third-order valence-electron chi connectivity index (χ3n) is 5.34. The molecule has 0 aromatic carbocycles. The zero-order valence-corrected chi connectivity index (χ0v) is 19.8. The van der Waals surface area contributed by atoms with E-state index in [1.807, 2.05) is 0 Å². The molecule has 1 aliphatic heterocycles. The van der Waals surface area contributed by atoms with E-state index < -0.39 is 17.7 Å². The summed E-state index contributed by atoms with van der Waals surface area (Å²) in [5, 5.41) is 0. The van der Waals surface area contributed by atoms with E-state index in [1.165, 1.54) is 41.3 Å². The standard InChI is InChI=1S/C24H32O8/c1-14(2)19(10-9-18(11-15(3)25)22(27)29-6)13-24(31-8)20(23(28)30-7)12-21(32-24)16(4)17(5)26/h9,12,19H,1,10-11,13H2,2-8H3/b18-9+,21-16-/t19-,24+/m0/s1. The average molecular weight is 449 g/mol. The Morgan fingerprint density at radius 1 is 1.09 bits per heavy atom. The molecule has 0 saturated heterocycles. The lowest BCUT2D eigenvalue weighted by atomic mass is 9.86. The Hall–Kier alpha value is -3.00. The molecule has 0 aromatic heterocycles. The van der Waals surface area contributed by atoms with Crippen molar-refractivity contribution in [2.24, 2.45) is 5.92 Å². The number of hydrogen-bond donors (Lipinski definition) is 0. The van der Waals surface area contributed by atoms with Crippen molar-refractivity contribution in [3.05, 3.63) is 46.8 Å². The largest absolute Gasteiger partial charge is 0.466 e. The summed E-state index contributed by atoms with van der Waals surface area (Å²) in [5.74, 6) is -3.21. The molecule has 0 saturated carbocycles. The minimum atomic E-state index is -1.51. The van der Waals surface area contributed by atoms with Crippen molar-refractivity contribution < 1.29 is 38.1 Å². The first-order chi connectivity index (χ1) is 14.9. The van der Waals surface area contributed by atoms with E-state index in [9.17, 15) is 19.2 Å². The van der Waals surface area contributed by atoms with E-state index in [0.717, 1.165) is 5.57 Å². The van der Waals surface area contributed by atoms with Crippen LogP contribution in [0.1, 0.15) is 47.0 Å². The van der Waals surface area contributed by atoms with Crippen LogP contribution in [0, 0.1) is 5.92 Å². The molecule has 0 radical (unpaired) electrons. The molecule has 0 bridgehead atoms. The number of ketones is 2. The summed E-state index contributed by atoms with van der Waals surface area (Å²) in [4.78, 5) is 47.9. The van der Waals surface area contributed by atoms with Crippen LogP contribution < -0.4 is 0 Å².